The van der Waals surface area contributed by atoms with Crippen molar-refractivity contribution >= 4 is 27.7 Å². The maximum Gasteiger partial charge on any atom is 0.337 e. The zero-order chi connectivity index (χ0) is 21.7. The number of Topliss-reactive ketones (excluding diaryl/α,β-unsaturated/α-hetero) is 1. The molecule has 0 heterocycles. The normalized spacial score (nSPS) is 14.7. The number of hydrogen-bond acceptors (Lipinski definition) is 7. The molecule has 0 aliphatic heterocycles. The van der Waals surface area contributed by atoms with E-state index in [-0.39, 0.29) is 29.8 Å². The summed E-state index contributed by atoms with van der Waals surface area (Å²) in [6, 6.07) is 0. The molecule has 0 aliphatic carbocycles. The molecule has 0 fully saturated rings. The number of esters is 1. The Morgan fingerprint density at radius 3 is 1.81 bits per heavy atom. The number of rotatable bonds is 10. The molecule has 27 heavy (non-hydrogen) atoms. The largest absolute Gasteiger partial charge is 0.460 e. The third kappa shape index (κ3) is 9.99. The van der Waals surface area contributed by atoms with Crippen LogP contribution in [0.3, 0.4) is 0 Å². The molecule has 7 nitrogen and oxygen atoms in total. The van der Waals surface area contributed by atoms with Crippen molar-refractivity contribution in [3.8, 4) is 0 Å². The highest BCUT2D eigenvalue weighted by Crippen LogP contribution is 2.46. The first kappa shape index (κ1) is 26.5. The smallest absolute Gasteiger partial charge is 0.337 e. The Morgan fingerprint density at radius 1 is 0.963 bits per heavy atom. The molecule has 0 N–H and O–H groups in total. The lowest BCUT2D eigenvalue weighted by atomic mass is 10.1. The second kappa shape index (κ2) is 9.79. The van der Waals surface area contributed by atoms with Crippen LogP contribution in [0.5, 0.6) is 0 Å². The molecule has 0 aromatic rings. The van der Waals surface area contributed by atoms with Gasteiger partial charge in [-0.15, -0.1) is 0 Å². The summed E-state index contributed by atoms with van der Waals surface area (Å²) in [5.41, 5.74) is -0.621. The Balaban J connectivity index is 5.32. The van der Waals surface area contributed by atoms with Gasteiger partial charge < -0.3 is 18.2 Å². The molecule has 1 atom stereocenters. The lowest BCUT2D eigenvalue weighted by Gasteiger charge is -2.39. The molecule has 0 spiro atoms. The van der Waals surface area contributed by atoms with Gasteiger partial charge in [-0.3, -0.25) is 14.2 Å². The van der Waals surface area contributed by atoms with Crippen LogP contribution < -0.4 is 0 Å². The van der Waals surface area contributed by atoms with Gasteiger partial charge in [0.25, 0.3) is 0 Å². The number of ketones is 1. The van der Waals surface area contributed by atoms with Crippen molar-refractivity contribution in [1.29, 1.82) is 0 Å². The van der Waals surface area contributed by atoms with Gasteiger partial charge in [0.15, 0.2) is 8.32 Å². The topological polar surface area (TPSA) is 88.1 Å². The zero-order valence-electron chi connectivity index (χ0n) is 18.5. The summed E-state index contributed by atoms with van der Waals surface area (Å²) in [5.74, 6) is -0.769. The van der Waals surface area contributed by atoms with Gasteiger partial charge in [-0.1, -0.05) is 20.8 Å². The fourth-order valence-corrected chi connectivity index (χ4v) is 4.38. The van der Waals surface area contributed by atoms with Gasteiger partial charge in [0, 0.05) is 20.6 Å². The first-order chi connectivity index (χ1) is 11.9. The molecule has 0 saturated carbocycles. The van der Waals surface area contributed by atoms with Gasteiger partial charge in [-0.25, -0.2) is 0 Å². The van der Waals surface area contributed by atoms with Crippen LogP contribution in [0, 0.1) is 0 Å². The van der Waals surface area contributed by atoms with Gasteiger partial charge >= 0.3 is 13.6 Å². The summed E-state index contributed by atoms with van der Waals surface area (Å²) in [5, 5.41) is -0.0867. The summed E-state index contributed by atoms with van der Waals surface area (Å²) >= 11 is 0. The Labute approximate surface area is 165 Å². The van der Waals surface area contributed by atoms with Crippen molar-refractivity contribution in [1.82, 2.24) is 0 Å². The standard InChI is InChI=1S/C18H37O7PSi/c1-17(2,3)24-16(20)12-15(25-27(9,10)18(4,5)6)11-14(19)13-26(21,22-7)23-8/h15H,11-13H2,1-10H3. The molecular formula is C18H37O7PSi. The van der Waals surface area contributed by atoms with E-state index in [1.807, 2.05) is 0 Å². The second-order valence-electron chi connectivity index (χ2n) is 9.17. The SMILES string of the molecule is COP(=O)(CC(=O)CC(CC(=O)OC(C)(C)C)O[Si](C)(C)C(C)(C)C)OC. The predicted molar refractivity (Wildman–Crippen MR) is 109 cm³/mol. The molecule has 0 rings (SSSR count). The predicted octanol–water partition coefficient (Wildman–Crippen LogP) is 4.55. The highest BCUT2D eigenvalue weighted by atomic mass is 31.2. The second-order valence-corrected chi connectivity index (χ2v) is 16.2. The molecule has 0 saturated heterocycles. The van der Waals surface area contributed by atoms with Crippen molar-refractivity contribution < 1.29 is 32.4 Å². The maximum atomic E-state index is 12.4. The first-order valence-corrected chi connectivity index (χ1v) is 13.7. The minimum Gasteiger partial charge on any atom is -0.460 e. The van der Waals surface area contributed by atoms with Crippen LogP contribution in [0.15, 0.2) is 0 Å². The van der Waals surface area contributed by atoms with E-state index in [0.29, 0.717) is 0 Å². The summed E-state index contributed by atoms with van der Waals surface area (Å²) in [6.07, 6.45) is -1.09. The fraction of sp³-hybridized carbons (Fsp3) is 0.889. The lowest BCUT2D eigenvalue weighted by Crippen LogP contribution is -2.45. The molecule has 0 amide bonds. The fourth-order valence-electron chi connectivity index (χ4n) is 2.06. The van der Waals surface area contributed by atoms with Crippen molar-refractivity contribution in [2.24, 2.45) is 0 Å². The molecule has 160 valence electrons. The van der Waals surface area contributed by atoms with E-state index in [9.17, 15) is 14.2 Å². The third-order valence-electron chi connectivity index (χ3n) is 4.46. The van der Waals surface area contributed by atoms with E-state index >= 15 is 0 Å². The Bertz CT molecular complexity index is 553. The average Bonchev–Trinajstić information content (AvgIpc) is 2.42. The third-order valence-corrected chi connectivity index (χ3v) is 10.9. The molecule has 0 bridgehead atoms. The molecule has 0 aromatic heterocycles. The van der Waals surface area contributed by atoms with Gasteiger partial charge in [-0.05, 0) is 38.9 Å². The number of carbonyl (C=O) groups excluding carboxylic acids is 2. The zero-order valence-corrected chi connectivity index (χ0v) is 20.4. The van der Waals surface area contributed by atoms with Gasteiger partial charge in [0.05, 0.1) is 12.5 Å². The Morgan fingerprint density at radius 2 is 1.44 bits per heavy atom. The molecule has 9 heteroatoms. The van der Waals surface area contributed by atoms with Gasteiger partial charge in [-0.2, -0.15) is 0 Å². The highest BCUT2D eigenvalue weighted by Gasteiger charge is 2.40. The summed E-state index contributed by atoms with van der Waals surface area (Å²) < 4.78 is 33.5. The number of carbonyl (C=O) groups is 2. The van der Waals surface area contributed by atoms with Crippen molar-refractivity contribution in [3.63, 3.8) is 0 Å². The monoisotopic (exact) mass is 424 g/mol. The van der Waals surface area contributed by atoms with E-state index < -0.39 is 33.6 Å². The van der Waals surface area contributed by atoms with Crippen LogP contribution in [-0.4, -0.2) is 52.2 Å². The summed E-state index contributed by atoms with van der Waals surface area (Å²) in [7, 11) is -3.21. The summed E-state index contributed by atoms with van der Waals surface area (Å²) in [4.78, 5) is 24.7. The van der Waals surface area contributed by atoms with Crippen LogP contribution in [0.4, 0.5) is 0 Å². The minimum absolute atomic E-state index is 0.0419. The lowest BCUT2D eigenvalue weighted by molar-refractivity contribution is -0.156. The van der Waals surface area contributed by atoms with Crippen LogP contribution in [0.25, 0.3) is 0 Å². The van der Waals surface area contributed by atoms with Gasteiger partial charge in [0.1, 0.15) is 17.5 Å². The molecular weight excluding hydrogens is 387 g/mol. The molecule has 0 radical (unpaired) electrons. The molecule has 0 aromatic carbocycles. The molecule has 1 unspecified atom stereocenters. The van der Waals surface area contributed by atoms with Crippen LogP contribution >= 0.6 is 7.60 Å². The van der Waals surface area contributed by atoms with E-state index in [4.69, 9.17) is 18.2 Å². The van der Waals surface area contributed by atoms with Crippen LogP contribution in [-0.2, 0) is 32.4 Å². The van der Waals surface area contributed by atoms with E-state index in [0.717, 1.165) is 0 Å². The number of ether oxygens (including phenoxy) is 1. The van der Waals surface area contributed by atoms with Crippen LogP contribution in [0.2, 0.25) is 18.1 Å². The Kier molecular flexibility index (Phi) is 9.59. The quantitative estimate of drug-likeness (QED) is 0.289. The van der Waals surface area contributed by atoms with Gasteiger partial charge in [0.2, 0.25) is 0 Å². The minimum atomic E-state index is -3.45. The van der Waals surface area contributed by atoms with E-state index in [2.05, 4.69) is 33.9 Å². The molecule has 0 aliphatic rings. The van der Waals surface area contributed by atoms with E-state index in [1.54, 1.807) is 20.8 Å². The van der Waals surface area contributed by atoms with E-state index in [1.165, 1.54) is 14.2 Å². The highest BCUT2D eigenvalue weighted by molar-refractivity contribution is 7.54. The maximum absolute atomic E-state index is 12.4. The first-order valence-electron chi connectivity index (χ1n) is 9.06. The van der Waals surface area contributed by atoms with Crippen molar-refractivity contribution in [2.45, 2.75) is 84.2 Å². The van der Waals surface area contributed by atoms with Crippen molar-refractivity contribution in [2.75, 3.05) is 20.4 Å². The number of hydrogen-bond donors (Lipinski definition) is 0. The Hall–Kier alpha value is -0.533. The average molecular weight is 425 g/mol. The van der Waals surface area contributed by atoms with Crippen LogP contribution in [0.1, 0.15) is 54.4 Å². The summed E-state index contributed by atoms with van der Waals surface area (Å²) in [6.45, 7) is 15.7. The van der Waals surface area contributed by atoms with Crippen molar-refractivity contribution in [3.05, 3.63) is 0 Å².